The summed E-state index contributed by atoms with van der Waals surface area (Å²) >= 11 is 0. The lowest BCUT2D eigenvalue weighted by Crippen LogP contribution is -2.30. The van der Waals surface area contributed by atoms with Crippen LogP contribution in [0.1, 0.15) is 400 Å². The molecule has 0 bridgehead atoms. The fourth-order valence-electron chi connectivity index (χ4n) is 10.8. The van der Waals surface area contributed by atoms with Crippen molar-refractivity contribution in [3.63, 3.8) is 0 Å². The molecule has 0 radical (unpaired) electrons. The standard InChI is InChI=1S/C72H136O6/c1-4-7-10-13-16-19-22-24-26-28-30-32-33-34-35-36-37-38-39-41-42-44-46-48-50-53-56-59-62-65-71(74)77-68-69(67-76-70(73)64-61-58-55-52-21-18-15-12-9-6-3)78-72(75)66-63-60-57-54-51-49-47-45-43-40-31-29-27-25-23-20-17-14-11-8-5-2/h28-31,69H,4-27,32-68H2,1-3H3/b30-28-,31-29-. The summed E-state index contributed by atoms with van der Waals surface area (Å²) in [5, 5.41) is 0. The summed E-state index contributed by atoms with van der Waals surface area (Å²) in [4.78, 5) is 38.3. The predicted octanol–water partition coefficient (Wildman–Crippen LogP) is 24.2. The Morgan fingerprint density at radius 1 is 0.244 bits per heavy atom. The van der Waals surface area contributed by atoms with Gasteiger partial charge in [0.05, 0.1) is 0 Å². The van der Waals surface area contributed by atoms with E-state index in [4.69, 9.17) is 14.2 Å². The van der Waals surface area contributed by atoms with E-state index in [0.29, 0.717) is 19.3 Å². The molecule has 460 valence electrons. The number of ether oxygens (including phenoxy) is 3. The van der Waals surface area contributed by atoms with Crippen molar-refractivity contribution in [1.82, 2.24) is 0 Å². The lowest BCUT2D eigenvalue weighted by molar-refractivity contribution is -0.167. The molecule has 0 aromatic carbocycles. The zero-order valence-corrected chi connectivity index (χ0v) is 53.0. The summed E-state index contributed by atoms with van der Waals surface area (Å²) in [6.45, 7) is 6.70. The highest BCUT2D eigenvalue weighted by molar-refractivity contribution is 5.71. The first kappa shape index (κ1) is 75.9. The smallest absolute Gasteiger partial charge is 0.306 e. The van der Waals surface area contributed by atoms with Crippen LogP contribution in [0.15, 0.2) is 24.3 Å². The molecule has 0 aromatic rings. The summed E-state index contributed by atoms with van der Waals surface area (Å²) in [7, 11) is 0. The van der Waals surface area contributed by atoms with E-state index in [1.54, 1.807) is 0 Å². The number of hydrogen-bond donors (Lipinski definition) is 0. The van der Waals surface area contributed by atoms with Crippen molar-refractivity contribution in [2.75, 3.05) is 13.2 Å². The minimum Gasteiger partial charge on any atom is -0.462 e. The third-order valence-corrected chi connectivity index (χ3v) is 16.2. The predicted molar refractivity (Wildman–Crippen MR) is 340 cm³/mol. The number of esters is 3. The van der Waals surface area contributed by atoms with Crippen LogP contribution in [0.25, 0.3) is 0 Å². The molecule has 78 heavy (non-hydrogen) atoms. The van der Waals surface area contributed by atoms with Crippen LogP contribution in [0.4, 0.5) is 0 Å². The van der Waals surface area contributed by atoms with E-state index < -0.39 is 6.10 Å². The molecule has 6 heteroatoms. The Labute approximate surface area is 487 Å². The molecule has 0 saturated carbocycles. The van der Waals surface area contributed by atoms with Crippen molar-refractivity contribution in [1.29, 1.82) is 0 Å². The Bertz CT molecular complexity index is 1260. The molecule has 0 aliphatic heterocycles. The third-order valence-electron chi connectivity index (χ3n) is 16.2. The Kier molecular flexibility index (Phi) is 65.6. The molecule has 0 amide bonds. The minimum absolute atomic E-state index is 0.0660. The molecule has 0 rings (SSSR count). The van der Waals surface area contributed by atoms with Crippen LogP contribution in [-0.4, -0.2) is 37.2 Å². The molecular formula is C72H136O6. The van der Waals surface area contributed by atoms with E-state index in [0.717, 1.165) is 57.8 Å². The summed E-state index contributed by atoms with van der Waals surface area (Å²) in [6, 6.07) is 0. The van der Waals surface area contributed by atoms with Gasteiger partial charge >= 0.3 is 17.9 Å². The van der Waals surface area contributed by atoms with Gasteiger partial charge in [-0.1, -0.05) is 334 Å². The van der Waals surface area contributed by atoms with Gasteiger partial charge in [-0.05, 0) is 70.6 Å². The van der Waals surface area contributed by atoms with Crippen molar-refractivity contribution >= 4 is 17.9 Å². The molecule has 0 N–H and O–H groups in total. The first-order valence-corrected chi connectivity index (χ1v) is 35.3. The van der Waals surface area contributed by atoms with Gasteiger partial charge in [0.1, 0.15) is 13.2 Å². The normalized spacial score (nSPS) is 12.1. The lowest BCUT2D eigenvalue weighted by Gasteiger charge is -2.18. The Hall–Kier alpha value is -2.11. The van der Waals surface area contributed by atoms with E-state index in [1.165, 1.54) is 302 Å². The van der Waals surface area contributed by atoms with Crippen molar-refractivity contribution < 1.29 is 28.6 Å². The second kappa shape index (κ2) is 67.4. The Morgan fingerprint density at radius 2 is 0.423 bits per heavy atom. The molecule has 1 atom stereocenters. The number of unbranched alkanes of at least 4 members (excludes halogenated alkanes) is 51. The maximum absolute atomic E-state index is 12.9. The fraction of sp³-hybridized carbons (Fsp3) is 0.903. The maximum atomic E-state index is 12.9. The van der Waals surface area contributed by atoms with Gasteiger partial charge in [-0.2, -0.15) is 0 Å². The molecular weight excluding hydrogens is 961 g/mol. The highest BCUT2D eigenvalue weighted by atomic mass is 16.6. The van der Waals surface area contributed by atoms with Gasteiger partial charge in [-0.25, -0.2) is 0 Å². The van der Waals surface area contributed by atoms with Crippen molar-refractivity contribution in [3.8, 4) is 0 Å². The second-order valence-electron chi connectivity index (χ2n) is 24.1. The third kappa shape index (κ3) is 64.7. The quantitative estimate of drug-likeness (QED) is 0.0261. The van der Waals surface area contributed by atoms with Crippen LogP contribution < -0.4 is 0 Å². The van der Waals surface area contributed by atoms with E-state index in [-0.39, 0.29) is 31.1 Å². The second-order valence-corrected chi connectivity index (χ2v) is 24.1. The van der Waals surface area contributed by atoms with Gasteiger partial charge in [0.15, 0.2) is 6.10 Å². The monoisotopic (exact) mass is 1100 g/mol. The molecule has 0 spiro atoms. The van der Waals surface area contributed by atoms with E-state index in [2.05, 4.69) is 45.1 Å². The van der Waals surface area contributed by atoms with Crippen LogP contribution in [0, 0.1) is 0 Å². The van der Waals surface area contributed by atoms with E-state index in [9.17, 15) is 14.4 Å². The van der Waals surface area contributed by atoms with Crippen LogP contribution in [0.5, 0.6) is 0 Å². The van der Waals surface area contributed by atoms with Gasteiger partial charge in [-0.15, -0.1) is 0 Å². The van der Waals surface area contributed by atoms with Crippen LogP contribution in [0.3, 0.4) is 0 Å². The summed E-state index contributed by atoms with van der Waals surface area (Å²) in [6.07, 6.45) is 82.2. The molecule has 0 fully saturated rings. The fourth-order valence-corrected chi connectivity index (χ4v) is 10.8. The van der Waals surface area contributed by atoms with E-state index in [1.807, 2.05) is 0 Å². The zero-order valence-electron chi connectivity index (χ0n) is 53.0. The SMILES string of the molecule is CCCCCCCCCC/C=C\CCCCCCCCCCCCCCCCCCCC(=O)OCC(COC(=O)CCCCCCCCCCCC)OC(=O)CCCCCCCCCCC/C=C\CCCCCCCCCC. The van der Waals surface area contributed by atoms with Gasteiger partial charge in [0.25, 0.3) is 0 Å². The molecule has 6 nitrogen and oxygen atoms in total. The molecule has 1 unspecified atom stereocenters. The summed E-state index contributed by atoms with van der Waals surface area (Å²) < 4.78 is 17.0. The van der Waals surface area contributed by atoms with Gasteiger partial charge in [0.2, 0.25) is 0 Å². The molecule has 0 aliphatic carbocycles. The minimum atomic E-state index is -0.768. The average Bonchev–Trinajstić information content (AvgIpc) is 3.44. The van der Waals surface area contributed by atoms with Gasteiger partial charge in [0, 0.05) is 19.3 Å². The lowest BCUT2D eigenvalue weighted by atomic mass is 10.0. The Morgan fingerprint density at radius 3 is 0.641 bits per heavy atom. The van der Waals surface area contributed by atoms with E-state index >= 15 is 0 Å². The number of carbonyl (C=O) groups is 3. The molecule has 0 saturated heterocycles. The molecule has 0 aliphatic rings. The van der Waals surface area contributed by atoms with Gasteiger partial charge < -0.3 is 14.2 Å². The number of allylic oxidation sites excluding steroid dienone is 4. The van der Waals surface area contributed by atoms with Crippen LogP contribution >= 0.6 is 0 Å². The summed E-state index contributed by atoms with van der Waals surface area (Å²) in [5.41, 5.74) is 0. The van der Waals surface area contributed by atoms with Gasteiger partial charge in [-0.3, -0.25) is 14.4 Å². The molecule has 0 heterocycles. The number of hydrogen-bond acceptors (Lipinski definition) is 6. The highest BCUT2D eigenvalue weighted by Crippen LogP contribution is 2.18. The van der Waals surface area contributed by atoms with Crippen molar-refractivity contribution in [2.24, 2.45) is 0 Å². The van der Waals surface area contributed by atoms with Crippen LogP contribution in [0.2, 0.25) is 0 Å². The highest BCUT2D eigenvalue weighted by Gasteiger charge is 2.19. The van der Waals surface area contributed by atoms with Crippen molar-refractivity contribution in [3.05, 3.63) is 24.3 Å². The van der Waals surface area contributed by atoms with Crippen molar-refractivity contribution in [2.45, 2.75) is 406 Å². The largest absolute Gasteiger partial charge is 0.462 e. The van der Waals surface area contributed by atoms with Crippen LogP contribution in [-0.2, 0) is 28.6 Å². The first-order valence-electron chi connectivity index (χ1n) is 35.3. The maximum Gasteiger partial charge on any atom is 0.306 e. The summed E-state index contributed by atoms with van der Waals surface area (Å²) in [5.74, 6) is -0.840. The first-order chi connectivity index (χ1) is 38.5. The average molecular weight is 1100 g/mol. The number of carbonyl (C=O) groups excluding carboxylic acids is 3. The molecule has 0 aromatic heterocycles. The zero-order chi connectivity index (χ0) is 56.4. The number of rotatable bonds is 66. The topological polar surface area (TPSA) is 78.9 Å². The Balaban J connectivity index is 4.11.